The molecule has 1 saturated heterocycles. The summed E-state index contributed by atoms with van der Waals surface area (Å²) in [5.74, 6) is 0.0612. The molecule has 1 amide bonds. The maximum atomic E-state index is 13.4. The van der Waals surface area contributed by atoms with Crippen molar-refractivity contribution in [1.82, 2.24) is 14.9 Å². The highest BCUT2D eigenvalue weighted by molar-refractivity contribution is 6.31. The number of benzene rings is 1. The van der Waals surface area contributed by atoms with Gasteiger partial charge in [-0.3, -0.25) is 0 Å². The van der Waals surface area contributed by atoms with Crippen molar-refractivity contribution in [3.8, 4) is 0 Å². The van der Waals surface area contributed by atoms with E-state index in [4.69, 9.17) is 12.6 Å². The third kappa shape index (κ3) is 7.29. The second-order valence-electron chi connectivity index (χ2n) is 9.94. The average molecular weight is 528 g/mol. The Hall–Kier alpha value is -2.99. The van der Waals surface area contributed by atoms with Gasteiger partial charge in [-0.05, 0) is 57.4 Å². The zero-order chi connectivity index (χ0) is 27.8. The van der Waals surface area contributed by atoms with Gasteiger partial charge < -0.3 is 14.5 Å². The summed E-state index contributed by atoms with van der Waals surface area (Å²) >= 11 is 0. The molecule has 37 heavy (non-hydrogen) atoms. The lowest BCUT2D eigenvalue weighted by atomic mass is 10.0. The van der Waals surface area contributed by atoms with Crippen molar-refractivity contribution in [2.75, 3.05) is 11.4 Å². The number of amides is 1. The van der Waals surface area contributed by atoms with Gasteiger partial charge in [0.2, 0.25) is 5.95 Å². The minimum absolute atomic E-state index is 0.0612. The molecule has 0 aliphatic carbocycles. The second-order valence-corrected chi connectivity index (χ2v) is 9.94. The topological polar surface area (TPSA) is 58.6 Å². The Morgan fingerprint density at radius 1 is 1.05 bits per heavy atom. The molecule has 2 aromatic rings. The van der Waals surface area contributed by atoms with E-state index in [-0.39, 0.29) is 42.2 Å². The second kappa shape index (κ2) is 10.4. The number of alkyl halides is 6. The minimum Gasteiger partial charge on any atom is -0.444 e. The van der Waals surface area contributed by atoms with Crippen LogP contribution in [0.5, 0.6) is 0 Å². The smallest absolute Gasteiger partial charge is 0.416 e. The van der Waals surface area contributed by atoms with Gasteiger partial charge >= 0.3 is 18.4 Å². The first-order valence-corrected chi connectivity index (χ1v) is 11.6. The van der Waals surface area contributed by atoms with Crippen LogP contribution in [0.25, 0.3) is 0 Å². The number of likely N-dealkylation sites (tertiary alicyclic amines) is 1. The van der Waals surface area contributed by atoms with Crippen LogP contribution in [0.3, 0.4) is 0 Å². The number of rotatable bonds is 5. The summed E-state index contributed by atoms with van der Waals surface area (Å²) in [6.07, 6.45) is -6.98. The molecule has 13 heteroatoms. The molecule has 2 radical (unpaired) electrons. The lowest BCUT2D eigenvalue weighted by Gasteiger charge is -2.30. The first kappa shape index (κ1) is 28.6. The van der Waals surface area contributed by atoms with Gasteiger partial charge in [0.1, 0.15) is 13.4 Å². The van der Waals surface area contributed by atoms with E-state index >= 15 is 0 Å². The molecule has 0 spiro atoms. The van der Waals surface area contributed by atoms with Crippen LogP contribution < -0.4 is 10.4 Å². The highest BCUT2D eigenvalue weighted by atomic mass is 19.4. The van der Waals surface area contributed by atoms with Crippen molar-refractivity contribution in [1.29, 1.82) is 0 Å². The summed E-state index contributed by atoms with van der Waals surface area (Å²) in [6.45, 7) is 6.79. The van der Waals surface area contributed by atoms with Crippen LogP contribution in [0.15, 0.2) is 30.6 Å². The molecule has 1 unspecified atom stereocenters. The summed E-state index contributed by atoms with van der Waals surface area (Å²) in [7, 11) is 5.67. The minimum atomic E-state index is -4.98. The SMILES string of the molecule is [B]c1cnc(N(Cc2cc(C(F)(F)F)cc(C(F)(F)F)c2)[C@H]2CC(CC)N(C(=O)OC(C)(C)C)C2)nc1. The van der Waals surface area contributed by atoms with Crippen molar-refractivity contribution in [3.63, 3.8) is 0 Å². The maximum absolute atomic E-state index is 13.4. The van der Waals surface area contributed by atoms with Crippen LogP contribution in [-0.4, -0.2) is 53.0 Å². The van der Waals surface area contributed by atoms with E-state index in [1.54, 1.807) is 20.8 Å². The molecule has 0 bridgehead atoms. The molecule has 1 aliphatic rings. The Kier molecular flexibility index (Phi) is 8.04. The molecule has 1 aromatic heterocycles. The van der Waals surface area contributed by atoms with Gasteiger partial charge in [0, 0.05) is 31.5 Å². The summed E-state index contributed by atoms with van der Waals surface area (Å²) in [5, 5.41) is 0. The van der Waals surface area contributed by atoms with Gasteiger partial charge in [-0.1, -0.05) is 12.4 Å². The van der Waals surface area contributed by atoms with Gasteiger partial charge in [0.05, 0.1) is 17.2 Å². The third-order valence-corrected chi connectivity index (χ3v) is 5.85. The Balaban J connectivity index is 2.01. The van der Waals surface area contributed by atoms with E-state index in [2.05, 4.69) is 9.97 Å². The van der Waals surface area contributed by atoms with E-state index in [0.717, 1.165) is 0 Å². The molecule has 2 atom stereocenters. The van der Waals surface area contributed by atoms with Crippen LogP contribution in [0.2, 0.25) is 0 Å². The first-order valence-electron chi connectivity index (χ1n) is 11.6. The van der Waals surface area contributed by atoms with Crippen LogP contribution in [0.4, 0.5) is 37.1 Å². The molecule has 0 N–H and O–H groups in total. The van der Waals surface area contributed by atoms with E-state index in [1.165, 1.54) is 22.2 Å². The van der Waals surface area contributed by atoms with Gasteiger partial charge in [-0.25, -0.2) is 14.8 Å². The Morgan fingerprint density at radius 2 is 1.59 bits per heavy atom. The first-order chi connectivity index (χ1) is 17.0. The summed E-state index contributed by atoms with van der Waals surface area (Å²) in [6, 6.07) is 0.670. The van der Waals surface area contributed by atoms with E-state index in [9.17, 15) is 31.1 Å². The predicted octanol–water partition coefficient (Wildman–Crippen LogP) is 5.10. The van der Waals surface area contributed by atoms with E-state index in [0.29, 0.717) is 25.0 Å². The summed E-state index contributed by atoms with van der Waals surface area (Å²) in [5.41, 5.74) is -3.58. The van der Waals surface area contributed by atoms with Crippen molar-refractivity contribution >= 4 is 25.4 Å². The number of anilines is 1. The van der Waals surface area contributed by atoms with Crippen LogP contribution >= 0.6 is 0 Å². The van der Waals surface area contributed by atoms with Crippen LogP contribution in [0.1, 0.15) is 57.2 Å². The largest absolute Gasteiger partial charge is 0.444 e. The average Bonchev–Trinajstić information content (AvgIpc) is 3.20. The van der Waals surface area contributed by atoms with Crippen LogP contribution in [0, 0.1) is 0 Å². The molecular formula is C24H27BF6N4O2. The van der Waals surface area contributed by atoms with Crippen molar-refractivity contribution < 1.29 is 35.9 Å². The van der Waals surface area contributed by atoms with Crippen molar-refractivity contribution in [2.24, 2.45) is 0 Å². The Bertz CT molecular complexity index is 1070. The number of ether oxygens (including phenoxy) is 1. The molecule has 0 saturated carbocycles. The normalized spacial score (nSPS) is 18.7. The van der Waals surface area contributed by atoms with E-state index in [1.807, 2.05) is 6.92 Å². The zero-order valence-corrected chi connectivity index (χ0v) is 20.8. The van der Waals surface area contributed by atoms with Gasteiger partial charge in [-0.2, -0.15) is 26.3 Å². The van der Waals surface area contributed by atoms with Gasteiger partial charge in [0.15, 0.2) is 0 Å². The Morgan fingerprint density at radius 3 is 2.05 bits per heavy atom. The molecule has 1 fully saturated rings. The predicted molar refractivity (Wildman–Crippen MR) is 125 cm³/mol. The molecule has 200 valence electrons. The number of aromatic nitrogens is 2. The van der Waals surface area contributed by atoms with Gasteiger partial charge in [0.25, 0.3) is 0 Å². The van der Waals surface area contributed by atoms with E-state index < -0.39 is 41.2 Å². The molecule has 1 aliphatic heterocycles. The number of hydrogen-bond acceptors (Lipinski definition) is 5. The standard InChI is InChI=1S/C24H27BF6N4O2/c1-5-18-9-19(13-35(18)21(36)37-22(2,3)4)34(20-32-10-17(25)11-33-20)12-14-6-15(23(26,27)28)8-16(7-14)24(29,30)31/h6-8,10-11,18-19H,5,9,12-13H2,1-4H3/t18?,19-/m0/s1. The number of hydrogen-bond donors (Lipinski definition) is 0. The summed E-state index contributed by atoms with van der Waals surface area (Å²) in [4.78, 5) is 24.2. The Labute approximate surface area is 212 Å². The number of halogens is 6. The fourth-order valence-corrected chi connectivity index (χ4v) is 4.20. The number of nitrogens with zero attached hydrogens (tertiary/aromatic N) is 4. The number of carbonyl (C=O) groups is 1. The number of carbonyl (C=O) groups excluding carboxylic acids is 1. The molecular weight excluding hydrogens is 501 g/mol. The highest BCUT2D eigenvalue weighted by Gasteiger charge is 2.41. The third-order valence-electron chi connectivity index (χ3n) is 5.85. The zero-order valence-electron chi connectivity index (χ0n) is 20.8. The van der Waals surface area contributed by atoms with Gasteiger partial charge in [-0.15, -0.1) is 0 Å². The van der Waals surface area contributed by atoms with Crippen molar-refractivity contribution in [2.45, 2.75) is 77.1 Å². The molecule has 1 aromatic carbocycles. The maximum Gasteiger partial charge on any atom is 0.416 e. The molecule has 2 heterocycles. The summed E-state index contributed by atoms with van der Waals surface area (Å²) < 4.78 is 86.1. The fraction of sp³-hybridized carbons (Fsp3) is 0.542. The lowest BCUT2D eigenvalue weighted by molar-refractivity contribution is -0.143. The fourth-order valence-electron chi connectivity index (χ4n) is 4.20. The molecule has 3 rings (SSSR count). The van der Waals surface area contributed by atoms with Crippen molar-refractivity contribution in [3.05, 3.63) is 47.3 Å². The quantitative estimate of drug-likeness (QED) is 0.399. The monoisotopic (exact) mass is 528 g/mol. The molecule has 6 nitrogen and oxygen atoms in total. The van der Waals surface area contributed by atoms with Crippen LogP contribution in [-0.2, 0) is 23.6 Å². The highest BCUT2D eigenvalue weighted by Crippen LogP contribution is 2.37. The lowest BCUT2D eigenvalue weighted by Crippen LogP contribution is -2.42.